The van der Waals surface area contributed by atoms with Gasteiger partial charge in [-0.05, 0) is 12.1 Å². The Morgan fingerprint density at radius 1 is 1.27 bits per heavy atom. The van der Waals surface area contributed by atoms with E-state index >= 15 is 0 Å². The van der Waals surface area contributed by atoms with Crippen molar-refractivity contribution in [1.82, 2.24) is 0 Å². The molecule has 0 saturated heterocycles. The molecule has 0 radical (unpaired) electrons. The molecule has 15 heavy (non-hydrogen) atoms. The number of aromatic hydroxyl groups is 1. The van der Waals surface area contributed by atoms with Crippen molar-refractivity contribution in [3.8, 4) is 11.5 Å². The van der Waals surface area contributed by atoms with Crippen molar-refractivity contribution in [2.45, 2.75) is 0 Å². The highest BCUT2D eigenvalue weighted by atomic mass is 31.2. The van der Waals surface area contributed by atoms with Crippen molar-refractivity contribution in [3.63, 3.8) is 0 Å². The number of hydrogen-bond donors (Lipinski definition) is 4. The third-order valence-electron chi connectivity index (χ3n) is 1.36. The van der Waals surface area contributed by atoms with E-state index in [0.717, 1.165) is 18.2 Å². The Bertz CT molecular complexity index is 435. The summed E-state index contributed by atoms with van der Waals surface area (Å²) in [5.41, 5.74) is -0.335. The second-order valence-corrected chi connectivity index (χ2v) is 3.77. The monoisotopic (exact) mass is 234 g/mol. The maximum absolute atomic E-state index is 10.5. The lowest BCUT2D eigenvalue weighted by atomic mass is 10.2. The van der Waals surface area contributed by atoms with Crippen molar-refractivity contribution in [2.24, 2.45) is 0 Å². The summed E-state index contributed by atoms with van der Waals surface area (Å²) in [6.45, 7) is 0. The average molecular weight is 234 g/mol. The molecule has 0 aliphatic carbocycles. The van der Waals surface area contributed by atoms with E-state index in [1.54, 1.807) is 0 Å². The number of carboxylic acids is 1. The van der Waals surface area contributed by atoms with E-state index in [1.165, 1.54) is 0 Å². The van der Waals surface area contributed by atoms with Crippen LogP contribution in [-0.4, -0.2) is 26.0 Å². The maximum Gasteiger partial charge on any atom is 0.524 e. The van der Waals surface area contributed by atoms with Crippen LogP contribution in [0, 0.1) is 0 Å². The van der Waals surface area contributed by atoms with Gasteiger partial charge in [-0.25, -0.2) is 9.36 Å². The molecule has 0 unspecified atom stereocenters. The molecule has 0 atom stereocenters. The highest BCUT2D eigenvalue weighted by Gasteiger charge is 2.17. The lowest BCUT2D eigenvalue weighted by Crippen LogP contribution is -1.97. The molecule has 0 heterocycles. The Labute approximate surface area is 83.8 Å². The number of carbonyl (C=O) groups is 1. The summed E-state index contributed by atoms with van der Waals surface area (Å²) < 4.78 is 14.6. The normalized spacial score (nSPS) is 11.1. The highest BCUT2D eigenvalue weighted by molar-refractivity contribution is 7.46. The summed E-state index contributed by atoms with van der Waals surface area (Å²) in [6.07, 6.45) is 0. The molecular formula is C7H7O7P. The van der Waals surface area contributed by atoms with Gasteiger partial charge in [-0.1, -0.05) is 0 Å². The van der Waals surface area contributed by atoms with E-state index in [2.05, 4.69) is 4.52 Å². The number of rotatable bonds is 3. The summed E-state index contributed by atoms with van der Waals surface area (Å²) >= 11 is 0. The predicted molar refractivity (Wildman–Crippen MR) is 47.7 cm³/mol. The number of phenols is 1. The average Bonchev–Trinajstić information content (AvgIpc) is 1.99. The van der Waals surface area contributed by atoms with Crippen LogP contribution in [0.3, 0.4) is 0 Å². The lowest BCUT2D eigenvalue weighted by molar-refractivity contribution is 0.0695. The summed E-state index contributed by atoms with van der Waals surface area (Å²) in [5.74, 6) is -2.22. The van der Waals surface area contributed by atoms with E-state index < -0.39 is 25.3 Å². The number of phosphoric acid groups is 1. The first-order valence-electron chi connectivity index (χ1n) is 3.60. The molecular weight excluding hydrogens is 227 g/mol. The van der Waals surface area contributed by atoms with Gasteiger partial charge in [0.15, 0.2) is 0 Å². The molecule has 7 nitrogen and oxygen atoms in total. The van der Waals surface area contributed by atoms with Gasteiger partial charge in [0.25, 0.3) is 0 Å². The minimum Gasteiger partial charge on any atom is -0.508 e. The van der Waals surface area contributed by atoms with Crippen LogP contribution in [0.25, 0.3) is 0 Å². The van der Waals surface area contributed by atoms with E-state index in [4.69, 9.17) is 20.0 Å². The molecule has 0 fully saturated rings. The molecule has 0 spiro atoms. The van der Waals surface area contributed by atoms with Crippen molar-refractivity contribution >= 4 is 13.8 Å². The molecule has 82 valence electrons. The van der Waals surface area contributed by atoms with Gasteiger partial charge in [0.1, 0.15) is 11.5 Å². The van der Waals surface area contributed by atoms with Gasteiger partial charge in [-0.15, -0.1) is 0 Å². The molecule has 0 aromatic heterocycles. The van der Waals surface area contributed by atoms with Crippen molar-refractivity contribution in [1.29, 1.82) is 0 Å². The van der Waals surface area contributed by atoms with E-state index in [-0.39, 0.29) is 5.56 Å². The molecule has 0 saturated carbocycles. The van der Waals surface area contributed by atoms with Gasteiger partial charge in [0, 0.05) is 6.07 Å². The zero-order chi connectivity index (χ0) is 11.6. The first kappa shape index (κ1) is 11.5. The van der Waals surface area contributed by atoms with E-state index in [1.807, 2.05) is 0 Å². The summed E-state index contributed by atoms with van der Waals surface area (Å²) in [5, 5.41) is 17.6. The first-order valence-corrected chi connectivity index (χ1v) is 5.13. The smallest absolute Gasteiger partial charge is 0.508 e. The molecule has 8 heteroatoms. The molecule has 0 amide bonds. The van der Waals surface area contributed by atoms with Gasteiger partial charge in [-0.2, -0.15) is 0 Å². The molecule has 0 aliphatic heterocycles. The minimum atomic E-state index is -4.76. The summed E-state index contributed by atoms with van der Waals surface area (Å²) in [7, 11) is -4.76. The Morgan fingerprint density at radius 3 is 2.33 bits per heavy atom. The minimum absolute atomic E-state index is 0.335. The number of hydrogen-bond acceptors (Lipinski definition) is 4. The topological polar surface area (TPSA) is 124 Å². The van der Waals surface area contributed by atoms with Crippen LogP contribution in [0.5, 0.6) is 11.5 Å². The summed E-state index contributed by atoms with van der Waals surface area (Å²) in [6, 6.07) is 2.71. The van der Waals surface area contributed by atoms with E-state index in [9.17, 15) is 9.36 Å². The molecule has 1 rings (SSSR count). The Hall–Kier alpha value is -1.56. The Morgan fingerprint density at radius 2 is 1.87 bits per heavy atom. The third kappa shape index (κ3) is 3.59. The number of aromatic carboxylic acids is 1. The second kappa shape index (κ2) is 3.90. The summed E-state index contributed by atoms with van der Waals surface area (Å²) in [4.78, 5) is 27.4. The van der Waals surface area contributed by atoms with Gasteiger partial charge < -0.3 is 14.7 Å². The number of carboxylic acid groups (broad SMARTS) is 1. The number of phenolic OH excluding ortho intramolecular Hbond substituents is 1. The fourth-order valence-corrected chi connectivity index (χ4v) is 1.28. The van der Waals surface area contributed by atoms with Gasteiger partial charge in [0.2, 0.25) is 0 Å². The van der Waals surface area contributed by atoms with Crippen LogP contribution >= 0.6 is 7.82 Å². The van der Waals surface area contributed by atoms with Crippen LogP contribution in [0.1, 0.15) is 10.4 Å². The van der Waals surface area contributed by atoms with E-state index in [0.29, 0.717) is 0 Å². The van der Waals surface area contributed by atoms with Crippen LogP contribution < -0.4 is 4.52 Å². The van der Waals surface area contributed by atoms with Crippen molar-refractivity contribution in [2.75, 3.05) is 0 Å². The molecule has 0 aliphatic rings. The quantitative estimate of drug-likeness (QED) is 0.563. The highest BCUT2D eigenvalue weighted by Crippen LogP contribution is 2.38. The molecule has 0 bridgehead atoms. The lowest BCUT2D eigenvalue weighted by Gasteiger charge is -2.07. The fraction of sp³-hybridized carbons (Fsp3) is 0. The SMILES string of the molecule is O=C(O)c1cc(O)cc(OP(=O)(O)O)c1. The van der Waals surface area contributed by atoms with Crippen LogP contribution in [-0.2, 0) is 4.57 Å². The maximum atomic E-state index is 10.5. The van der Waals surface area contributed by atoms with Crippen molar-refractivity contribution < 1.29 is 33.9 Å². The second-order valence-electron chi connectivity index (χ2n) is 2.60. The largest absolute Gasteiger partial charge is 0.524 e. The first-order chi connectivity index (χ1) is 6.78. The van der Waals surface area contributed by atoms with Crippen LogP contribution in [0.15, 0.2) is 18.2 Å². The van der Waals surface area contributed by atoms with Crippen LogP contribution in [0.4, 0.5) is 0 Å². The molecule has 1 aromatic rings. The predicted octanol–water partition coefficient (Wildman–Crippen LogP) is 0.562. The van der Waals surface area contributed by atoms with Gasteiger partial charge in [-0.3, -0.25) is 9.79 Å². The van der Waals surface area contributed by atoms with Crippen molar-refractivity contribution in [3.05, 3.63) is 23.8 Å². The van der Waals surface area contributed by atoms with Gasteiger partial charge in [0.05, 0.1) is 5.56 Å². The number of benzene rings is 1. The fourth-order valence-electron chi connectivity index (χ4n) is 0.897. The Kier molecular flexibility index (Phi) is 2.99. The third-order valence-corrected chi connectivity index (χ3v) is 1.81. The van der Waals surface area contributed by atoms with Crippen LogP contribution in [0.2, 0.25) is 0 Å². The molecule has 4 N–H and O–H groups in total. The zero-order valence-electron chi connectivity index (χ0n) is 7.19. The Balaban J connectivity index is 3.10. The zero-order valence-corrected chi connectivity index (χ0v) is 8.09. The standard InChI is InChI=1S/C7H7O7P/c8-5-1-4(7(9)10)2-6(3-5)14-15(11,12)13/h1-3,8H,(H,9,10)(H2,11,12,13). The molecule has 1 aromatic carbocycles. The number of phosphoric ester groups is 1. The van der Waals surface area contributed by atoms with Gasteiger partial charge >= 0.3 is 13.8 Å².